The number of methoxy groups -OCH3 is 1. The normalized spacial score (nSPS) is 10.5. The molecule has 0 aliphatic heterocycles. The molecule has 7 heteroatoms. The van der Waals surface area contributed by atoms with Crippen LogP contribution in [0.5, 0.6) is 5.75 Å². The van der Waals surface area contributed by atoms with Gasteiger partial charge in [0.15, 0.2) is 0 Å². The molecule has 0 atom stereocenters. The summed E-state index contributed by atoms with van der Waals surface area (Å²) in [6, 6.07) is 8.93. The molecule has 19 heavy (non-hydrogen) atoms. The zero-order valence-corrected chi connectivity index (χ0v) is 11.0. The molecule has 1 aromatic rings. The summed E-state index contributed by atoms with van der Waals surface area (Å²) in [5, 5.41) is 11.8. The molecule has 1 N–H and O–H groups in total. The first kappa shape index (κ1) is 14.8. The van der Waals surface area contributed by atoms with E-state index in [-0.39, 0.29) is 18.2 Å². The average molecular weight is 282 g/mol. The number of nitrogens with zero attached hydrogens (tertiary/aromatic N) is 2. The van der Waals surface area contributed by atoms with Gasteiger partial charge in [0, 0.05) is 0 Å². The predicted molar refractivity (Wildman–Crippen MR) is 71.1 cm³/mol. The van der Waals surface area contributed by atoms with Crippen molar-refractivity contribution in [3.63, 3.8) is 0 Å². The fourth-order valence-corrected chi connectivity index (χ4v) is 1.25. The second-order valence-electron chi connectivity index (χ2n) is 3.26. The van der Waals surface area contributed by atoms with E-state index in [0.717, 1.165) is 0 Å². The molecule has 0 radical (unpaired) electrons. The van der Waals surface area contributed by atoms with Crippen molar-refractivity contribution >= 4 is 28.4 Å². The number of benzene rings is 1. The van der Waals surface area contributed by atoms with E-state index in [0.29, 0.717) is 11.4 Å². The summed E-state index contributed by atoms with van der Waals surface area (Å²) in [7, 11) is 1.21. The van der Waals surface area contributed by atoms with Crippen molar-refractivity contribution < 1.29 is 14.3 Å². The maximum atomic E-state index is 11.0. The minimum atomic E-state index is -0.739. The van der Waals surface area contributed by atoms with Crippen molar-refractivity contribution in [2.24, 2.45) is 5.10 Å². The minimum Gasteiger partial charge on any atom is -0.490 e. The molecule has 0 bridgehead atoms. The Morgan fingerprint density at radius 2 is 2.26 bits per heavy atom. The van der Waals surface area contributed by atoms with Gasteiger partial charge in [-0.25, -0.2) is 4.79 Å². The Bertz CT molecular complexity index is 511. The van der Waals surface area contributed by atoms with Crippen LogP contribution in [0.1, 0.15) is 6.42 Å². The van der Waals surface area contributed by atoms with Crippen molar-refractivity contribution in [2.75, 3.05) is 19.1 Å². The first-order valence-electron chi connectivity index (χ1n) is 5.35. The number of anilines is 1. The van der Waals surface area contributed by atoms with Crippen LogP contribution in [0.15, 0.2) is 29.4 Å². The highest BCUT2D eigenvalue weighted by Crippen LogP contribution is 2.23. The van der Waals surface area contributed by atoms with Gasteiger partial charge in [-0.3, -0.25) is 5.43 Å². The van der Waals surface area contributed by atoms with Crippen LogP contribution >= 0.6 is 11.6 Å². The molecule has 0 aliphatic rings. The van der Waals surface area contributed by atoms with Crippen LogP contribution in [0.2, 0.25) is 0 Å². The lowest BCUT2D eigenvalue weighted by Gasteiger charge is -2.09. The number of halogens is 1. The molecular weight excluding hydrogens is 270 g/mol. The van der Waals surface area contributed by atoms with E-state index in [4.69, 9.17) is 21.6 Å². The Labute approximate surface area is 115 Å². The quantitative estimate of drug-likeness (QED) is 0.374. The van der Waals surface area contributed by atoms with Crippen LogP contribution in [0, 0.1) is 11.3 Å². The second kappa shape index (κ2) is 7.95. The Kier molecular flexibility index (Phi) is 6.19. The summed E-state index contributed by atoms with van der Waals surface area (Å²) in [6.07, 6.45) is 0.278. The largest absolute Gasteiger partial charge is 0.490 e. The van der Waals surface area contributed by atoms with Gasteiger partial charge in [0.1, 0.15) is 12.4 Å². The lowest BCUT2D eigenvalue weighted by atomic mass is 10.3. The van der Waals surface area contributed by atoms with E-state index >= 15 is 0 Å². The first-order valence-corrected chi connectivity index (χ1v) is 5.73. The van der Waals surface area contributed by atoms with Crippen LogP contribution in [0.25, 0.3) is 0 Å². The monoisotopic (exact) mass is 281 g/mol. The van der Waals surface area contributed by atoms with Crippen molar-refractivity contribution in [1.29, 1.82) is 5.26 Å². The van der Waals surface area contributed by atoms with E-state index in [1.54, 1.807) is 24.3 Å². The molecule has 0 unspecified atom stereocenters. The summed E-state index contributed by atoms with van der Waals surface area (Å²) in [6.45, 7) is 0.268. The van der Waals surface area contributed by atoms with Crippen molar-refractivity contribution in [1.82, 2.24) is 0 Å². The Balaban J connectivity index is 2.73. The predicted octanol–water partition coefficient (Wildman–Crippen LogP) is 2.12. The summed E-state index contributed by atoms with van der Waals surface area (Å²) < 4.78 is 9.78. The van der Waals surface area contributed by atoms with Crippen LogP contribution in [-0.4, -0.2) is 24.9 Å². The number of hydrazone groups is 1. The molecule has 0 saturated carbocycles. The number of nitrogens with one attached hydrogen (secondary N) is 1. The van der Waals surface area contributed by atoms with Crippen LogP contribution < -0.4 is 10.2 Å². The van der Waals surface area contributed by atoms with Crippen molar-refractivity contribution in [3.8, 4) is 11.8 Å². The molecular formula is C12H12ClN3O3. The van der Waals surface area contributed by atoms with Gasteiger partial charge in [0.2, 0.25) is 5.17 Å². The molecule has 0 saturated heterocycles. The number of rotatable bonds is 6. The number of nitriles is 1. The first-order chi connectivity index (χ1) is 9.19. The third-order valence-electron chi connectivity index (χ3n) is 1.99. The molecule has 6 nitrogen and oxygen atoms in total. The van der Waals surface area contributed by atoms with E-state index in [2.05, 4.69) is 15.3 Å². The zero-order chi connectivity index (χ0) is 14.1. The molecule has 0 spiro atoms. The van der Waals surface area contributed by atoms with E-state index in [1.165, 1.54) is 7.11 Å². The number of ether oxygens (including phenoxy) is 2. The van der Waals surface area contributed by atoms with Gasteiger partial charge < -0.3 is 9.47 Å². The van der Waals surface area contributed by atoms with Crippen LogP contribution in [0.3, 0.4) is 0 Å². The van der Waals surface area contributed by atoms with Gasteiger partial charge in [-0.2, -0.15) is 10.4 Å². The number of esters is 1. The molecule has 1 aromatic carbocycles. The van der Waals surface area contributed by atoms with Gasteiger partial charge in [-0.1, -0.05) is 23.7 Å². The fraction of sp³-hybridized carbons (Fsp3) is 0.250. The van der Waals surface area contributed by atoms with Gasteiger partial charge in [0.25, 0.3) is 0 Å². The maximum absolute atomic E-state index is 11.0. The number of hydrogen-bond donors (Lipinski definition) is 1. The van der Waals surface area contributed by atoms with Crippen LogP contribution in [-0.2, 0) is 9.53 Å². The molecule has 0 aromatic heterocycles. The minimum absolute atomic E-state index is 0.268. The summed E-state index contributed by atoms with van der Waals surface area (Å²) >= 11 is 5.59. The smallest absolute Gasteiger partial charge is 0.370 e. The summed E-state index contributed by atoms with van der Waals surface area (Å²) in [4.78, 5) is 11.0. The second-order valence-corrected chi connectivity index (χ2v) is 3.62. The Morgan fingerprint density at radius 1 is 1.53 bits per heavy atom. The summed E-state index contributed by atoms with van der Waals surface area (Å²) in [5.74, 6) is -0.229. The van der Waals surface area contributed by atoms with Gasteiger partial charge >= 0.3 is 5.97 Å². The molecule has 0 heterocycles. The zero-order valence-electron chi connectivity index (χ0n) is 10.2. The summed E-state index contributed by atoms with van der Waals surface area (Å²) in [5.41, 5.74) is 3.13. The Morgan fingerprint density at radius 3 is 2.95 bits per heavy atom. The lowest BCUT2D eigenvalue weighted by molar-refractivity contribution is -0.132. The Hall–Kier alpha value is -2.26. The van der Waals surface area contributed by atoms with Gasteiger partial charge in [0.05, 0.1) is 25.3 Å². The molecule has 0 fully saturated rings. The third-order valence-corrected chi connectivity index (χ3v) is 2.23. The fourth-order valence-electron chi connectivity index (χ4n) is 1.13. The average Bonchev–Trinajstić information content (AvgIpc) is 2.45. The molecule has 1 rings (SSSR count). The van der Waals surface area contributed by atoms with Crippen LogP contribution in [0.4, 0.5) is 5.69 Å². The van der Waals surface area contributed by atoms with Gasteiger partial charge in [-0.05, 0) is 12.1 Å². The maximum Gasteiger partial charge on any atom is 0.370 e. The third kappa shape index (κ3) is 4.85. The highest BCUT2D eigenvalue weighted by atomic mass is 35.5. The van der Waals surface area contributed by atoms with Gasteiger partial charge in [-0.15, -0.1) is 0 Å². The number of carbonyl (C=O) groups excluding carboxylic acids is 1. The highest BCUT2D eigenvalue weighted by molar-refractivity contribution is 6.82. The van der Waals surface area contributed by atoms with E-state index < -0.39 is 5.97 Å². The molecule has 0 amide bonds. The molecule has 0 aliphatic carbocycles. The topological polar surface area (TPSA) is 83.7 Å². The van der Waals surface area contributed by atoms with E-state index in [9.17, 15) is 4.79 Å². The number of carbonyl (C=O) groups is 1. The van der Waals surface area contributed by atoms with E-state index in [1.807, 2.05) is 6.07 Å². The highest BCUT2D eigenvalue weighted by Gasteiger charge is 2.08. The number of hydrogen-bond acceptors (Lipinski definition) is 6. The number of para-hydroxylation sites is 2. The standard InChI is InChI=1S/C12H12ClN3O3/c1-18-12(17)11(13)16-15-9-5-2-3-6-10(9)19-8-4-7-14/h2-3,5-6,15H,4,8H2,1H3/b16-11-. The lowest BCUT2D eigenvalue weighted by Crippen LogP contribution is -2.11. The van der Waals surface area contributed by atoms with Crippen molar-refractivity contribution in [2.45, 2.75) is 6.42 Å². The molecule has 100 valence electrons. The SMILES string of the molecule is COC(=O)/C(Cl)=N/Nc1ccccc1OCCC#N. The van der Waals surface area contributed by atoms with Crippen molar-refractivity contribution in [3.05, 3.63) is 24.3 Å².